The maximum Gasteiger partial charge on any atom is 0.416 e. The van der Waals surface area contributed by atoms with Crippen LogP contribution in [0.25, 0.3) is 16.8 Å². The second-order valence-electron chi connectivity index (χ2n) is 5.61. The van der Waals surface area contributed by atoms with Crippen molar-refractivity contribution in [2.75, 3.05) is 6.61 Å². The molecule has 0 saturated heterocycles. The summed E-state index contributed by atoms with van der Waals surface area (Å²) in [4.78, 5) is 11.8. The van der Waals surface area contributed by atoms with Crippen LogP contribution in [0, 0.1) is 0 Å². The van der Waals surface area contributed by atoms with Gasteiger partial charge in [0.15, 0.2) is 0 Å². The zero-order valence-corrected chi connectivity index (χ0v) is 13.5. The summed E-state index contributed by atoms with van der Waals surface area (Å²) in [5, 5.41) is 8.16. The zero-order chi connectivity index (χ0) is 18.0. The highest BCUT2D eigenvalue weighted by molar-refractivity contribution is 5.93. The number of carbonyl (C=O) groups excluding carboxylic acids is 1. The lowest BCUT2D eigenvalue weighted by molar-refractivity contribution is -0.138. The number of rotatable bonds is 3. The van der Waals surface area contributed by atoms with E-state index in [1.165, 1.54) is 18.2 Å². The molecule has 25 heavy (non-hydrogen) atoms. The van der Waals surface area contributed by atoms with Gasteiger partial charge in [0, 0.05) is 18.2 Å². The predicted molar refractivity (Wildman–Crippen MR) is 84.3 cm³/mol. The first kappa shape index (κ1) is 17.2. The molecule has 1 aliphatic heterocycles. The molecule has 3 rings (SSSR count). The van der Waals surface area contributed by atoms with Crippen molar-refractivity contribution < 1.29 is 22.7 Å². The van der Waals surface area contributed by atoms with Crippen LogP contribution in [-0.2, 0) is 22.3 Å². The van der Waals surface area contributed by atoms with E-state index in [4.69, 9.17) is 4.74 Å². The zero-order valence-electron chi connectivity index (χ0n) is 13.5. The highest BCUT2D eigenvalue weighted by atomic mass is 19.4. The van der Waals surface area contributed by atoms with Gasteiger partial charge in [-0.05, 0) is 37.5 Å². The Morgan fingerprint density at radius 2 is 2.04 bits per heavy atom. The number of ether oxygens (including phenoxy) is 1. The first-order valence-corrected chi connectivity index (χ1v) is 7.89. The summed E-state index contributed by atoms with van der Waals surface area (Å²) in [6.45, 7) is 2.63. The maximum absolute atomic E-state index is 12.7. The van der Waals surface area contributed by atoms with Gasteiger partial charge in [0.1, 0.15) is 5.69 Å². The van der Waals surface area contributed by atoms with E-state index in [0.29, 0.717) is 29.9 Å². The lowest BCUT2D eigenvalue weighted by Gasteiger charge is -2.17. The molecule has 1 aromatic carbocycles. The number of benzene rings is 1. The van der Waals surface area contributed by atoms with Gasteiger partial charge in [-0.3, -0.25) is 0 Å². The lowest BCUT2D eigenvalue weighted by Crippen LogP contribution is -2.12. The van der Waals surface area contributed by atoms with E-state index in [9.17, 15) is 18.0 Å². The molecule has 0 amide bonds. The molecule has 2 aromatic rings. The number of aromatic nitrogens is 3. The first-order valence-electron chi connectivity index (χ1n) is 7.89. The molecule has 8 heteroatoms. The number of alkyl halides is 3. The van der Waals surface area contributed by atoms with Crippen molar-refractivity contribution in [2.45, 2.75) is 32.5 Å². The minimum Gasteiger partial charge on any atom is -0.463 e. The van der Waals surface area contributed by atoms with Gasteiger partial charge in [0.2, 0.25) is 0 Å². The Bertz CT molecular complexity index is 808. The number of allylic oxidation sites excluding steroid dienone is 1. The molecule has 0 N–H and O–H groups in total. The highest BCUT2D eigenvalue weighted by Gasteiger charge is 2.30. The number of aryl methyl sites for hydroxylation is 1. The highest BCUT2D eigenvalue weighted by Crippen LogP contribution is 2.35. The average Bonchev–Trinajstić information content (AvgIpc) is 2.99. The third-order valence-electron chi connectivity index (χ3n) is 3.92. The van der Waals surface area contributed by atoms with Crippen molar-refractivity contribution in [1.82, 2.24) is 15.0 Å². The monoisotopic (exact) mass is 351 g/mol. The van der Waals surface area contributed by atoms with Crippen LogP contribution in [0.5, 0.6) is 0 Å². The molecular formula is C17H16F3N3O2. The number of fused-ring (bicyclic) bond motifs is 1. The van der Waals surface area contributed by atoms with Crippen LogP contribution in [0.1, 0.15) is 31.0 Å². The number of hydrogen-bond donors (Lipinski definition) is 0. The fourth-order valence-corrected chi connectivity index (χ4v) is 2.80. The third-order valence-corrected chi connectivity index (χ3v) is 3.92. The Morgan fingerprint density at radius 1 is 1.32 bits per heavy atom. The summed E-state index contributed by atoms with van der Waals surface area (Å²) >= 11 is 0. The Balaban J connectivity index is 2.00. The van der Waals surface area contributed by atoms with Crippen LogP contribution >= 0.6 is 0 Å². The number of esters is 1. The summed E-state index contributed by atoms with van der Waals surface area (Å²) in [6, 6.07) is 4.76. The van der Waals surface area contributed by atoms with Crippen LogP contribution in [0.4, 0.5) is 13.2 Å². The number of halogens is 3. The van der Waals surface area contributed by atoms with E-state index in [1.54, 1.807) is 11.6 Å². The Hall–Kier alpha value is -2.64. The van der Waals surface area contributed by atoms with Crippen molar-refractivity contribution in [3.63, 3.8) is 0 Å². The minimum absolute atomic E-state index is 0.270. The van der Waals surface area contributed by atoms with Crippen LogP contribution < -0.4 is 0 Å². The summed E-state index contributed by atoms with van der Waals surface area (Å²) in [6.07, 6.45) is -1.53. The van der Waals surface area contributed by atoms with Gasteiger partial charge < -0.3 is 4.74 Å². The van der Waals surface area contributed by atoms with Gasteiger partial charge in [0.05, 0.1) is 17.9 Å². The van der Waals surface area contributed by atoms with Gasteiger partial charge in [0.25, 0.3) is 0 Å². The molecular weight excluding hydrogens is 335 g/mol. The summed E-state index contributed by atoms with van der Waals surface area (Å²) in [5.74, 6) is -0.453. The van der Waals surface area contributed by atoms with Crippen LogP contribution in [0.15, 0.2) is 30.3 Å². The van der Waals surface area contributed by atoms with E-state index < -0.39 is 17.7 Å². The molecule has 0 fully saturated rings. The fraction of sp³-hybridized carbons (Fsp3) is 0.353. The quantitative estimate of drug-likeness (QED) is 0.625. The molecule has 0 saturated carbocycles. The van der Waals surface area contributed by atoms with E-state index in [0.717, 1.165) is 24.1 Å². The van der Waals surface area contributed by atoms with Crippen molar-refractivity contribution in [3.05, 3.63) is 41.6 Å². The van der Waals surface area contributed by atoms with Crippen LogP contribution in [-0.4, -0.2) is 27.6 Å². The predicted octanol–water partition coefficient (Wildman–Crippen LogP) is 3.70. The summed E-state index contributed by atoms with van der Waals surface area (Å²) in [7, 11) is 0. The standard InChI is InChI=1S/C17H16F3N3O2/c1-2-25-14(24)10-12-4-3-9-23-16(12)15(21-22-23)11-5-7-13(8-6-11)17(18,19)20/h5-8,10H,2-4,9H2,1H3/b12-10+. The summed E-state index contributed by atoms with van der Waals surface area (Å²) < 4.78 is 44.8. The molecule has 0 bridgehead atoms. The Morgan fingerprint density at radius 3 is 2.68 bits per heavy atom. The third kappa shape index (κ3) is 3.57. The van der Waals surface area contributed by atoms with Crippen LogP contribution in [0.2, 0.25) is 0 Å². The normalized spacial score (nSPS) is 15.9. The molecule has 0 aliphatic carbocycles. The molecule has 132 valence electrons. The molecule has 1 aromatic heterocycles. The second kappa shape index (κ2) is 6.70. The van der Waals surface area contributed by atoms with Crippen molar-refractivity contribution in [1.29, 1.82) is 0 Å². The molecule has 1 aliphatic rings. The van der Waals surface area contributed by atoms with E-state index in [2.05, 4.69) is 10.3 Å². The van der Waals surface area contributed by atoms with E-state index in [-0.39, 0.29) is 6.61 Å². The summed E-state index contributed by atoms with van der Waals surface area (Å²) in [5.41, 5.74) is 1.64. The first-order chi connectivity index (χ1) is 11.9. The fourth-order valence-electron chi connectivity index (χ4n) is 2.80. The number of carbonyl (C=O) groups is 1. The molecule has 5 nitrogen and oxygen atoms in total. The number of nitrogens with zero attached hydrogens (tertiary/aromatic N) is 3. The van der Waals surface area contributed by atoms with Gasteiger partial charge in [-0.2, -0.15) is 13.2 Å². The molecule has 0 spiro atoms. The van der Waals surface area contributed by atoms with Gasteiger partial charge in [-0.25, -0.2) is 9.48 Å². The maximum atomic E-state index is 12.7. The topological polar surface area (TPSA) is 57.0 Å². The molecule has 0 unspecified atom stereocenters. The van der Waals surface area contributed by atoms with Crippen molar-refractivity contribution in [2.24, 2.45) is 0 Å². The largest absolute Gasteiger partial charge is 0.463 e. The van der Waals surface area contributed by atoms with Gasteiger partial charge >= 0.3 is 12.1 Å². The molecule has 0 atom stereocenters. The Labute approximate surface area is 142 Å². The average molecular weight is 351 g/mol. The molecule has 2 heterocycles. The van der Waals surface area contributed by atoms with Gasteiger partial charge in [-0.1, -0.05) is 17.3 Å². The van der Waals surface area contributed by atoms with Crippen LogP contribution in [0.3, 0.4) is 0 Å². The number of hydrogen-bond acceptors (Lipinski definition) is 4. The van der Waals surface area contributed by atoms with Crippen molar-refractivity contribution >= 4 is 11.5 Å². The Kier molecular flexibility index (Phi) is 4.61. The minimum atomic E-state index is -4.39. The van der Waals surface area contributed by atoms with Crippen molar-refractivity contribution in [3.8, 4) is 11.3 Å². The SMILES string of the molecule is CCOC(=O)/C=C1\CCCn2nnc(-c3ccc(C(F)(F)F)cc3)c21. The van der Waals surface area contributed by atoms with E-state index in [1.807, 2.05) is 0 Å². The molecule has 0 radical (unpaired) electrons. The van der Waals surface area contributed by atoms with E-state index >= 15 is 0 Å². The smallest absolute Gasteiger partial charge is 0.416 e. The lowest BCUT2D eigenvalue weighted by atomic mass is 9.97. The second-order valence-corrected chi connectivity index (χ2v) is 5.61. The van der Waals surface area contributed by atoms with Gasteiger partial charge in [-0.15, -0.1) is 5.10 Å².